The van der Waals surface area contributed by atoms with Crippen LogP contribution in [0.2, 0.25) is 0 Å². The third-order valence-corrected chi connectivity index (χ3v) is 4.04. The molecule has 0 aromatic carbocycles. The number of carboxylic acids is 1. The van der Waals surface area contributed by atoms with E-state index in [1.54, 1.807) is 11.0 Å². The zero-order valence-corrected chi connectivity index (χ0v) is 11.1. The van der Waals surface area contributed by atoms with E-state index in [0.717, 1.165) is 31.3 Å². The molecule has 1 aliphatic carbocycles. The lowest BCUT2D eigenvalue weighted by molar-refractivity contribution is -0.148. The summed E-state index contributed by atoms with van der Waals surface area (Å²) in [5, 5.41) is 9.30. The topological polar surface area (TPSA) is 57.6 Å². The fourth-order valence-corrected chi connectivity index (χ4v) is 3.32. The fraction of sp³-hybridized carbons (Fsp3) is 0.714. The molecule has 4 heteroatoms. The third kappa shape index (κ3) is 2.42. The van der Waals surface area contributed by atoms with Crippen LogP contribution in [-0.2, 0) is 9.59 Å². The highest BCUT2D eigenvalue weighted by atomic mass is 16.4. The molecule has 100 valence electrons. The summed E-state index contributed by atoms with van der Waals surface area (Å²) >= 11 is 0. The van der Waals surface area contributed by atoms with Crippen molar-refractivity contribution in [2.75, 3.05) is 0 Å². The highest BCUT2D eigenvalue weighted by molar-refractivity contribution is 5.92. The molecule has 1 saturated carbocycles. The number of rotatable bonds is 2. The zero-order valence-electron chi connectivity index (χ0n) is 11.1. The Morgan fingerprint density at radius 1 is 1.22 bits per heavy atom. The monoisotopic (exact) mass is 251 g/mol. The Labute approximate surface area is 108 Å². The molecule has 1 heterocycles. The van der Waals surface area contributed by atoms with Crippen LogP contribution >= 0.6 is 0 Å². The second kappa shape index (κ2) is 5.12. The molecule has 0 aromatic rings. The Kier molecular flexibility index (Phi) is 3.73. The van der Waals surface area contributed by atoms with E-state index >= 15 is 0 Å². The minimum atomic E-state index is -0.861. The van der Waals surface area contributed by atoms with Crippen molar-refractivity contribution >= 4 is 11.9 Å². The van der Waals surface area contributed by atoms with Crippen LogP contribution in [0.15, 0.2) is 11.6 Å². The Bertz CT molecular complexity index is 385. The maximum atomic E-state index is 12.2. The molecule has 2 aliphatic rings. The molecule has 1 N–H and O–H groups in total. The molecular weight excluding hydrogens is 230 g/mol. The van der Waals surface area contributed by atoms with Crippen LogP contribution < -0.4 is 0 Å². The number of amides is 1. The number of nitrogens with zero attached hydrogens (tertiary/aromatic N) is 1. The van der Waals surface area contributed by atoms with Crippen molar-refractivity contribution in [3.8, 4) is 0 Å². The van der Waals surface area contributed by atoms with Crippen molar-refractivity contribution in [1.29, 1.82) is 0 Å². The van der Waals surface area contributed by atoms with Crippen molar-refractivity contribution in [3.05, 3.63) is 11.6 Å². The summed E-state index contributed by atoms with van der Waals surface area (Å²) in [7, 11) is 0. The molecule has 2 rings (SSSR count). The van der Waals surface area contributed by atoms with Gasteiger partial charge in [0.15, 0.2) is 0 Å². The largest absolute Gasteiger partial charge is 0.480 e. The molecule has 1 saturated heterocycles. The molecule has 0 aromatic heterocycles. The maximum absolute atomic E-state index is 12.2. The number of hydrogen-bond donors (Lipinski definition) is 1. The molecule has 0 spiro atoms. The van der Waals surface area contributed by atoms with E-state index < -0.39 is 12.0 Å². The van der Waals surface area contributed by atoms with Gasteiger partial charge in [-0.05, 0) is 39.0 Å². The van der Waals surface area contributed by atoms with Crippen LogP contribution in [0, 0.1) is 5.92 Å². The Balaban J connectivity index is 2.24. The Morgan fingerprint density at radius 2 is 1.89 bits per heavy atom. The van der Waals surface area contributed by atoms with Gasteiger partial charge in [-0.1, -0.05) is 18.4 Å². The summed E-state index contributed by atoms with van der Waals surface area (Å²) in [5.41, 5.74) is 0.920. The third-order valence-electron chi connectivity index (χ3n) is 4.04. The molecule has 1 amide bonds. The normalized spacial score (nSPS) is 30.8. The van der Waals surface area contributed by atoms with Crippen LogP contribution in [0.25, 0.3) is 0 Å². The van der Waals surface area contributed by atoms with E-state index in [1.807, 2.05) is 13.8 Å². The van der Waals surface area contributed by atoms with Crippen LogP contribution in [0.5, 0.6) is 0 Å². The van der Waals surface area contributed by atoms with Crippen LogP contribution in [-0.4, -0.2) is 34.0 Å². The number of carboxylic acid groups (broad SMARTS) is 1. The minimum Gasteiger partial charge on any atom is -0.480 e. The predicted molar refractivity (Wildman–Crippen MR) is 68.1 cm³/mol. The first-order valence-electron chi connectivity index (χ1n) is 6.70. The number of carbonyl (C=O) groups is 2. The highest BCUT2D eigenvalue weighted by Crippen LogP contribution is 2.39. The number of likely N-dealkylation sites (tertiary alicyclic amines) is 1. The summed E-state index contributed by atoms with van der Waals surface area (Å²) in [5.74, 6) is -0.605. The number of fused-ring (bicyclic) bond motifs is 1. The van der Waals surface area contributed by atoms with Crippen LogP contribution in [0.4, 0.5) is 0 Å². The smallest absolute Gasteiger partial charge is 0.326 e. The standard InChI is InChI=1S/C14H21NO3/c1-9(2)7-13(16)15-11-6-4-3-5-10(11)8-12(15)14(17)18/h7,10-12H,3-6,8H2,1-2H3,(H,17,18). The number of aliphatic carboxylic acids is 1. The van der Waals surface area contributed by atoms with Gasteiger partial charge in [-0.2, -0.15) is 0 Å². The van der Waals surface area contributed by atoms with E-state index in [1.165, 1.54) is 0 Å². The number of allylic oxidation sites excluding steroid dienone is 1. The van der Waals surface area contributed by atoms with Gasteiger partial charge in [0.2, 0.25) is 5.91 Å². The van der Waals surface area contributed by atoms with Gasteiger partial charge in [-0.15, -0.1) is 0 Å². The van der Waals surface area contributed by atoms with Gasteiger partial charge in [0, 0.05) is 12.1 Å². The van der Waals surface area contributed by atoms with Gasteiger partial charge in [0.25, 0.3) is 0 Å². The molecule has 18 heavy (non-hydrogen) atoms. The SMILES string of the molecule is CC(C)=CC(=O)N1C(C(=O)O)CC2CCCCC21. The van der Waals surface area contributed by atoms with Crippen LogP contribution in [0.1, 0.15) is 46.0 Å². The lowest BCUT2D eigenvalue weighted by Crippen LogP contribution is -2.45. The second-order valence-corrected chi connectivity index (χ2v) is 5.67. The fourth-order valence-electron chi connectivity index (χ4n) is 3.32. The van der Waals surface area contributed by atoms with Gasteiger partial charge in [0.1, 0.15) is 6.04 Å². The first kappa shape index (κ1) is 13.1. The average Bonchev–Trinajstić information content (AvgIpc) is 2.67. The minimum absolute atomic E-state index is 0.128. The maximum Gasteiger partial charge on any atom is 0.326 e. The van der Waals surface area contributed by atoms with Crippen molar-refractivity contribution < 1.29 is 14.7 Å². The molecular formula is C14H21NO3. The average molecular weight is 251 g/mol. The highest BCUT2D eigenvalue weighted by Gasteiger charge is 2.46. The molecule has 3 unspecified atom stereocenters. The van der Waals surface area contributed by atoms with Crippen molar-refractivity contribution in [2.24, 2.45) is 5.92 Å². The van der Waals surface area contributed by atoms with Crippen molar-refractivity contribution in [3.63, 3.8) is 0 Å². The first-order valence-corrected chi connectivity index (χ1v) is 6.70. The zero-order chi connectivity index (χ0) is 13.3. The number of hydrogen-bond acceptors (Lipinski definition) is 2. The molecule has 1 aliphatic heterocycles. The summed E-state index contributed by atoms with van der Waals surface area (Å²) in [6.45, 7) is 3.73. The molecule has 3 atom stereocenters. The Hall–Kier alpha value is -1.32. The van der Waals surface area contributed by atoms with E-state index in [0.29, 0.717) is 12.3 Å². The summed E-state index contributed by atoms with van der Waals surface area (Å²) < 4.78 is 0. The van der Waals surface area contributed by atoms with Crippen LogP contribution in [0.3, 0.4) is 0 Å². The summed E-state index contributed by atoms with van der Waals surface area (Å²) in [6, 6.07) is -0.482. The lowest BCUT2D eigenvalue weighted by atomic mass is 9.85. The van der Waals surface area contributed by atoms with E-state index in [4.69, 9.17) is 0 Å². The van der Waals surface area contributed by atoms with E-state index in [-0.39, 0.29) is 11.9 Å². The predicted octanol–water partition coefficient (Wildman–Crippen LogP) is 2.20. The van der Waals surface area contributed by atoms with Gasteiger partial charge < -0.3 is 10.0 Å². The quantitative estimate of drug-likeness (QED) is 0.765. The van der Waals surface area contributed by atoms with Crippen molar-refractivity contribution in [2.45, 2.75) is 58.0 Å². The molecule has 0 radical (unpaired) electrons. The molecule has 2 fully saturated rings. The van der Waals surface area contributed by atoms with E-state index in [9.17, 15) is 14.7 Å². The molecule has 0 bridgehead atoms. The first-order chi connectivity index (χ1) is 8.50. The van der Waals surface area contributed by atoms with Gasteiger partial charge in [-0.3, -0.25) is 4.79 Å². The summed E-state index contributed by atoms with van der Waals surface area (Å²) in [4.78, 5) is 25.2. The molecule has 4 nitrogen and oxygen atoms in total. The van der Waals surface area contributed by atoms with E-state index in [2.05, 4.69) is 0 Å². The lowest BCUT2D eigenvalue weighted by Gasteiger charge is -2.32. The van der Waals surface area contributed by atoms with Gasteiger partial charge >= 0.3 is 5.97 Å². The second-order valence-electron chi connectivity index (χ2n) is 5.67. The van der Waals surface area contributed by atoms with Gasteiger partial charge in [0.05, 0.1) is 0 Å². The van der Waals surface area contributed by atoms with Gasteiger partial charge in [-0.25, -0.2) is 4.79 Å². The Morgan fingerprint density at radius 3 is 2.50 bits per heavy atom. The van der Waals surface area contributed by atoms with Crippen molar-refractivity contribution in [1.82, 2.24) is 4.90 Å². The summed E-state index contributed by atoms with van der Waals surface area (Å²) in [6.07, 6.45) is 6.48. The number of carbonyl (C=O) groups excluding carboxylic acids is 1.